The molecule has 0 aliphatic carbocycles. The predicted molar refractivity (Wildman–Crippen MR) is 53.6 cm³/mol. The van der Waals surface area contributed by atoms with Gasteiger partial charge in [0.2, 0.25) is 0 Å². The van der Waals surface area contributed by atoms with Crippen molar-refractivity contribution in [3.8, 4) is 0 Å². The number of carbonyl (C=O) groups excluding carboxylic acids is 1. The number of hydrogen-bond donors (Lipinski definition) is 3. The molecule has 2 unspecified atom stereocenters. The van der Waals surface area contributed by atoms with E-state index in [4.69, 9.17) is 14.6 Å². The molecule has 1 saturated heterocycles. The zero-order valence-electron chi connectivity index (χ0n) is 9.37. The fourth-order valence-corrected chi connectivity index (χ4v) is 1.92. The second-order valence-electron chi connectivity index (χ2n) is 4.01. The third kappa shape index (κ3) is 2.78. The lowest BCUT2D eigenvalue weighted by atomic mass is 9.87. The van der Waals surface area contributed by atoms with Crippen molar-refractivity contribution in [3.63, 3.8) is 0 Å². The monoisotopic (exact) mass is 234 g/mol. The summed E-state index contributed by atoms with van der Waals surface area (Å²) < 4.78 is 10.2. The quantitative estimate of drug-likeness (QED) is 0.557. The molecular weight excluding hydrogens is 216 g/mol. The summed E-state index contributed by atoms with van der Waals surface area (Å²) in [5.74, 6) is -0.732. The van der Waals surface area contributed by atoms with E-state index in [1.165, 1.54) is 14.0 Å². The van der Waals surface area contributed by atoms with Crippen LogP contribution in [0.15, 0.2) is 0 Å². The van der Waals surface area contributed by atoms with Crippen LogP contribution in [0.3, 0.4) is 0 Å². The Hall–Kier alpha value is -0.530. The van der Waals surface area contributed by atoms with Gasteiger partial charge in [-0.3, -0.25) is 0 Å². The van der Waals surface area contributed by atoms with Crippen molar-refractivity contribution < 1.29 is 29.6 Å². The number of ether oxygens (including phenoxy) is 2. The van der Waals surface area contributed by atoms with Crippen molar-refractivity contribution in [3.05, 3.63) is 0 Å². The molecule has 0 aromatic rings. The van der Waals surface area contributed by atoms with Crippen molar-refractivity contribution in [2.75, 3.05) is 13.7 Å². The number of methoxy groups -OCH3 is 1. The molecule has 0 bridgehead atoms. The molecule has 94 valence electrons. The van der Waals surface area contributed by atoms with Gasteiger partial charge in [0.05, 0.1) is 12.7 Å². The largest absolute Gasteiger partial charge is 0.394 e. The van der Waals surface area contributed by atoms with Crippen LogP contribution in [0, 0.1) is 5.92 Å². The fourth-order valence-electron chi connectivity index (χ4n) is 1.92. The Kier molecular flexibility index (Phi) is 4.82. The first-order chi connectivity index (χ1) is 7.51. The fraction of sp³-hybridized carbons (Fsp3) is 0.900. The van der Waals surface area contributed by atoms with Crippen LogP contribution in [-0.2, 0) is 14.3 Å². The van der Waals surface area contributed by atoms with Crippen LogP contribution in [0.5, 0.6) is 0 Å². The lowest BCUT2D eigenvalue weighted by Crippen LogP contribution is -2.56. The highest BCUT2D eigenvalue weighted by atomic mass is 16.7. The summed E-state index contributed by atoms with van der Waals surface area (Å²) in [6, 6.07) is 0. The van der Waals surface area contributed by atoms with Gasteiger partial charge in [-0.1, -0.05) is 0 Å². The number of hydrogen-bond acceptors (Lipinski definition) is 6. The maximum Gasteiger partial charge on any atom is 0.163 e. The van der Waals surface area contributed by atoms with Gasteiger partial charge in [0.15, 0.2) is 6.29 Å². The SMILES string of the molecule is CO[C@H]1OC(CO)[C@H](O)[C@H](O)C1CC(C)=O. The first-order valence-electron chi connectivity index (χ1n) is 5.16. The van der Waals surface area contributed by atoms with Crippen molar-refractivity contribution in [1.82, 2.24) is 0 Å². The van der Waals surface area contributed by atoms with E-state index in [1.54, 1.807) is 0 Å². The summed E-state index contributed by atoms with van der Waals surface area (Å²) in [5.41, 5.74) is 0. The molecule has 0 spiro atoms. The molecule has 1 fully saturated rings. The molecular formula is C10H18O6. The highest BCUT2D eigenvalue weighted by molar-refractivity contribution is 5.75. The molecule has 1 heterocycles. The Morgan fingerprint density at radius 1 is 1.38 bits per heavy atom. The Morgan fingerprint density at radius 3 is 2.44 bits per heavy atom. The Labute approximate surface area is 93.8 Å². The molecule has 1 aliphatic rings. The van der Waals surface area contributed by atoms with Gasteiger partial charge in [-0.2, -0.15) is 0 Å². The third-order valence-electron chi connectivity index (χ3n) is 2.76. The summed E-state index contributed by atoms with van der Waals surface area (Å²) in [4.78, 5) is 11.0. The van der Waals surface area contributed by atoms with Gasteiger partial charge in [-0.15, -0.1) is 0 Å². The molecule has 0 aromatic carbocycles. The van der Waals surface area contributed by atoms with Crippen LogP contribution in [0.25, 0.3) is 0 Å². The Morgan fingerprint density at radius 2 is 2.00 bits per heavy atom. The lowest BCUT2D eigenvalue weighted by molar-refractivity contribution is -0.278. The first-order valence-corrected chi connectivity index (χ1v) is 5.16. The number of carbonyl (C=O) groups is 1. The standard InChI is InChI=1S/C10H18O6/c1-5(12)3-6-8(13)9(14)7(4-11)16-10(6)15-2/h6-11,13-14H,3-4H2,1-2H3/t6?,7?,8-,9+,10+/m1/s1. The number of Topliss-reactive ketones (excluding diaryl/α,β-unsaturated/α-hetero) is 1. The van der Waals surface area contributed by atoms with Crippen LogP contribution < -0.4 is 0 Å². The van der Waals surface area contributed by atoms with E-state index in [0.717, 1.165) is 0 Å². The molecule has 3 N–H and O–H groups in total. The minimum atomic E-state index is -1.21. The summed E-state index contributed by atoms with van der Waals surface area (Å²) in [5, 5.41) is 28.4. The van der Waals surface area contributed by atoms with E-state index in [0.29, 0.717) is 0 Å². The summed E-state index contributed by atoms with van der Waals surface area (Å²) in [6.45, 7) is 0.981. The smallest absolute Gasteiger partial charge is 0.163 e. The van der Waals surface area contributed by atoms with Crippen LogP contribution >= 0.6 is 0 Å². The summed E-state index contributed by atoms with van der Waals surface area (Å²) >= 11 is 0. The van der Waals surface area contributed by atoms with Gasteiger partial charge in [0.1, 0.15) is 18.0 Å². The van der Waals surface area contributed by atoms with Gasteiger partial charge in [0, 0.05) is 19.4 Å². The highest BCUT2D eigenvalue weighted by Gasteiger charge is 2.44. The van der Waals surface area contributed by atoms with Crippen molar-refractivity contribution in [1.29, 1.82) is 0 Å². The van der Waals surface area contributed by atoms with Gasteiger partial charge in [-0.25, -0.2) is 0 Å². The topological polar surface area (TPSA) is 96.2 Å². The Bertz CT molecular complexity index is 241. The zero-order chi connectivity index (χ0) is 12.3. The number of ketones is 1. The van der Waals surface area contributed by atoms with Gasteiger partial charge in [-0.05, 0) is 6.92 Å². The van der Waals surface area contributed by atoms with E-state index in [-0.39, 0.29) is 12.2 Å². The molecule has 5 atom stereocenters. The van der Waals surface area contributed by atoms with E-state index >= 15 is 0 Å². The molecule has 16 heavy (non-hydrogen) atoms. The van der Waals surface area contributed by atoms with Gasteiger partial charge >= 0.3 is 0 Å². The van der Waals surface area contributed by atoms with Gasteiger partial charge in [0.25, 0.3) is 0 Å². The van der Waals surface area contributed by atoms with E-state index in [9.17, 15) is 15.0 Å². The summed E-state index contributed by atoms with van der Waals surface area (Å²) in [6.07, 6.45) is -3.96. The number of aliphatic hydroxyl groups excluding tert-OH is 3. The predicted octanol–water partition coefficient (Wildman–Crippen LogP) is -1.33. The Balaban J connectivity index is 2.77. The maximum atomic E-state index is 11.0. The zero-order valence-corrected chi connectivity index (χ0v) is 9.37. The second-order valence-corrected chi connectivity index (χ2v) is 4.01. The minimum Gasteiger partial charge on any atom is -0.394 e. The average molecular weight is 234 g/mol. The molecule has 0 radical (unpaired) electrons. The van der Waals surface area contributed by atoms with Gasteiger partial charge < -0.3 is 29.6 Å². The number of rotatable bonds is 4. The molecule has 1 rings (SSSR count). The first kappa shape index (κ1) is 13.5. The summed E-state index contributed by atoms with van der Waals surface area (Å²) in [7, 11) is 1.39. The normalized spacial score (nSPS) is 39.7. The van der Waals surface area contributed by atoms with Crippen LogP contribution in [0.2, 0.25) is 0 Å². The maximum absolute atomic E-state index is 11.0. The molecule has 1 aliphatic heterocycles. The molecule has 6 nitrogen and oxygen atoms in total. The molecule has 6 heteroatoms. The molecule has 0 saturated carbocycles. The van der Waals surface area contributed by atoms with Crippen LogP contribution in [-0.4, -0.2) is 59.4 Å². The highest BCUT2D eigenvalue weighted by Crippen LogP contribution is 2.29. The minimum absolute atomic E-state index is 0.0644. The average Bonchev–Trinajstić information content (AvgIpc) is 2.25. The van der Waals surface area contributed by atoms with E-state index in [2.05, 4.69) is 0 Å². The molecule has 0 amide bonds. The lowest BCUT2D eigenvalue weighted by Gasteiger charge is -2.41. The van der Waals surface area contributed by atoms with E-state index < -0.39 is 37.1 Å². The van der Waals surface area contributed by atoms with E-state index in [1.807, 2.05) is 0 Å². The molecule has 0 aromatic heterocycles. The van der Waals surface area contributed by atoms with Crippen molar-refractivity contribution in [2.45, 2.75) is 37.9 Å². The van der Waals surface area contributed by atoms with Crippen molar-refractivity contribution >= 4 is 5.78 Å². The second kappa shape index (κ2) is 5.70. The van der Waals surface area contributed by atoms with Crippen LogP contribution in [0.4, 0.5) is 0 Å². The van der Waals surface area contributed by atoms with Crippen molar-refractivity contribution in [2.24, 2.45) is 5.92 Å². The third-order valence-corrected chi connectivity index (χ3v) is 2.76. The van der Waals surface area contributed by atoms with Crippen LogP contribution in [0.1, 0.15) is 13.3 Å². The number of aliphatic hydroxyl groups is 3.